The minimum Gasteiger partial charge on any atom is -0.352 e. The van der Waals surface area contributed by atoms with Gasteiger partial charge in [0.1, 0.15) is 0 Å². The molecule has 2 aromatic rings. The van der Waals surface area contributed by atoms with E-state index in [-0.39, 0.29) is 5.91 Å². The molecule has 18 heavy (non-hydrogen) atoms. The van der Waals surface area contributed by atoms with Crippen molar-refractivity contribution >= 4 is 28.6 Å². The van der Waals surface area contributed by atoms with Crippen LogP contribution in [0.4, 0.5) is 0 Å². The fraction of sp³-hybridized carbons (Fsp3) is 0.308. The largest absolute Gasteiger partial charge is 0.352 e. The van der Waals surface area contributed by atoms with Gasteiger partial charge >= 0.3 is 0 Å². The Labute approximate surface area is 115 Å². The van der Waals surface area contributed by atoms with Crippen LogP contribution in [0.25, 0.3) is 0 Å². The maximum Gasteiger partial charge on any atom is 0.252 e. The Morgan fingerprint density at radius 3 is 2.83 bits per heavy atom. The van der Waals surface area contributed by atoms with Crippen molar-refractivity contribution in [1.82, 2.24) is 5.32 Å². The van der Waals surface area contributed by atoms with Crippen LogP contribution in [0.5, 0.6) is 0 Å². The summed E-state index contributed by atoms with van der Waals surface area (Å²) in [5.41, 5.74) is 6.20. The van der Waals surface area contributed by atoms with Crippen molar-refractivity contribution in [1.29, 1.82) is 0 Å². The summed E-state index contributed by atoms with van der Waals surface area (Å²) in [6.07, 6.45) is 2.02. The Kier molecular flexibility index (Phi) is 4.92. The average Bonchev–Trinajstić information content (AvgIpc) is 3.01. The van der Waals surface area contributed by atoms with Crippen molar-refractivity contribution in [2.24, 2.45) is 5.73 Å². The van der Waals surface area contributed by atoms with Crippen LogP contribution in [0.15, 0.2) is 29.0 Å². The molecule has 0 unspecified atom stereocenters. The first-order valence-electron chi connectivity index (χ1n) is 5.88. The van der Waals surface area contributed by atoms with Gasteiger partial charge in [0, 0.05) is 16.3 Å². The van der Waals surface area contributed by atoms with E-state index in [4.69, 9.17) is 5.73 Å². The topological polar surface area (TPSA) is 55.1 Å². The molecule has 0 fully saturated rings. The Balaban J connectivity index is 0.000000138. The van der Waals surface area contributed by atoms with E-state index in [9.17, 15) is 4.79 Å². The smallest absolute Gasteiger partial charge is 0.252 e. The number of amides is 1. The van der Waals surface area contributed by atoms with Gasteiger partial charge in [-0.05, 0) is 42.3 Å². The molecule has 3 rings (SSSR count). The molecule has 3 nitrogen and oxygen atoms in total. The number of fused-ring (bicyclic) bond motifs is 1. The second kappa shape index (κ2) is 6.68. The average molecular weight is 280 g/mol. The van der Waals surface area contributed by atoms with E-state index < -0.39 is 0 Å². The molecule has 0 saturated heterocycles. The Bertz CT molecular complexity index is 491. The lowest BCUT2D eigenvalue weighted by Crippen LogP contribution is -2.30. The molecule has 2 aromatic heterocycles. The first kappa shape index (κ1) is 13.3. The van der Waals surface area contributed by atoms with E-state index in [1.165, 1.54) is 9.75 Å². The van der Waals surface area contributed by atoms with Crippen LogP contribution in [0.2, 0.25) is 0 Å². The molecular weight excluding hydrogens is 264 g/mol. The van der Waals surface area contributed by atoms with Gasteiger partial charge in [-0.3, -0.25) is 4.79 Å². The lowest BCUT2D eigenvalue weighted by atomic mass is 10.1. The van der Waals surface area contributed by atoms with Gasteiger partial charge in [-0.25, -0.2) is 0 Å². The highest BCUT2D eigenvalue weighted by Gasteiger charge is 2.16. The van der Waals surface area contributed by atoms with E-state index in [1.807, 2.05) is 11.4 Å². The van der Waals surface area contributed by atoms with Crippen LogP contribution < -0.4 is 11.1 Å². The highest BCUT2D eigenvalue weighted by Crippen LogP contribution is 2.19. The van der Waals surface area contributed by atoms with Crippen molar-refractivity contribution in [3.8, 4) is 0 Å². The zero-order valence-electron chi connectivity index (χ0n) is 10.0. The molecule has 1 aliphatic rings. The summed E-state index contributed by atoms with van der Waals surface area (Å²) in [7, 11) is 0. The molecule has 0 radical (unpaired) electrons. The normalized spacial score (nSPS) is 13.3. The third kappa shape index (κ3) is 3.41. The van der Waals surface area contributed by atoms with Crippen molar-refractivity contribution < 1.29 is 4.79 Å². The molecule has 3 N–H and O–H groups in total. The van der Waals surface area contributed by atoms with Gasteiger partial charge < -0.3 is 11.1 Å². The number of rotatable bonds is 2. The fourth-order valence-electron chi connectivity index (χ4n) is 1.72. The van der Waals surface area contributed by atoms with Gasteiger partial charge in [0.15, 0.2) is 0 Å². The zero-order chi connectivity index (χ0) is 12.8. The Hall–Kier alpha value is -1.17. The molecule has 0 bridgehead atoms. The van der Waals surface area contributed by atoms with Crippen LogP contribution in [0.1, 0.15) is 20.1 Å². The number of nitrogens with two attached hydrogens (primary N) is 1. The quantitative estimate of drug-likeness (QED) is 0.886. The maximum atomic E-state index is 11.0. The SMILES string of the molecule is NCCc1cccs1.O=C1NCCc2sccc21. The van der Waals surface area contributed by atoms with Gasteiger partial charge in [-0.2, -0.15) is 0 Å². The Morgan fingerprint density at radius 2 is 2.17 bits per heavy atom. The molecule has 0 atom stereocenters. The van der Waals surface area contributed by atoms with Crippen LogP contribution in [0.3, 0.4) is 0 Å². The van der Waals surface area contributed by atoms with Crippen LogP contribution in [0, 0.1) is 0 Å². The summed E-state index contributed by atoms with van der Waals surface area (Å²) in [4.78, 5) is 13.6. The van der Waals surface area contributed by atoms with Gasteiger partial charge in [0.25, 0.3) is 5.91 Å². The third-order valence-corrected chi connectivity index (χ3v) is 4.52. The molecule has 96 valence electrons. The van der Waals surface area contributed by atoms with E-state index in [1.54, 1.807) is 22.7 Å². The highest BCUT2D eigenvalue weighted by atomic mass is 32.1. The number of nitrogens with one attached hydrogen (secondary N) is 1. The summed E-state index contributed by atoms with van der Waals surface area (Å²) in [6.45, 7) is 1.56. The summed E-state index contributed by atoms with van der Waals surface area (Å²) < 4.78 is 0. The minimum absolute atomic E-state index is 0.0856. The van der Waals surface area contributed by atoms with Crippen LogP contribution >= 0.6 is 22.7 Å². The second-order valence-corrected chi connectivity index (χ2v) is 5.91. The van der Waals surface area contributed by atoms with E-state index in [0.717, 1.165) is 31.5 Å². The minimum atomic E-state index is 0.0856. The van der Waals surface area contributed by atoms with Gasteiger partial charge in [0.05, 0.1) is 5.56 Å². The van der Waals surface area contributed by atoms with Crippen molar-refractivity contribution in [2.75, 3.05) is 13.1 Å². The number of hydrogen-bond donors (Lipinski definition) is 2. The molecule has 0 spiro atoms. The summed E-state index contributed by atoms with van der Waals surface area (Å²) in [6, 6.07) is 6.04. The lowest BCUT2D eigenvalue weighted by Gasteiger charge is -2.10. The lowest BCUT2D eigenvalue weighted by molar-refractivity contribution is 0.0947. The Morgan fingerprint density at radius 1 is 1.28 bits per heavy atom. The second-order valence-electron chi connectivity index (χ2n) is 3.88. The van der Waals surface area contributed by atoms with E-state index in [2.05, 4.69) is 22.8 Å². The van der Waals surface area contributed by atoms with Crippen molar-refractivity contribution in [2.45, 2.75) is 12.8 Å². The predicted molar refractivity (Wildman–Crippen MR) is 77.4 cm³/mol. The zero-order valence-corrected chi connectivity index (χ0v) is 11.7. The maximum absolute atomic E-state index is 11.0. The van der Waals surface area contributed by atoms with Crippen molar-refractivity contribution in [3.63, 3.8) is 0 Å². The van der Waals surface area contributed by atoms with E-state index in [0.29, 0.717) is 0 Å². The number of carbonyl (C=O) groups excluding carboxylic acids is 1. The molecular formula is C13H16N2OS2. The monoisotopic (exact) mass is 280 g/mol. The predicted octanol–water partition coefficient (Wildman–Crippen LogP) is 2.28. The summed E-state index contributed by atoms with van der Waals surface area (Å²) >= 11 is 3.44. The van der Waals surface area contributed by atoms with E-state index >= 15 is 0 Å². The molecule has 1 aliphatic heterocycles. The number of carbonyl (C=O) groups is 1. The fourth-order valence-corrected chi connectivity index (χ4v) is 3.32. The highest BCUT2D eigenvalue weighted by molar-refractivity contribution is 7.10. The van der Waals surface area contributed by atoms with Gasteiger partial charge in [0.2, 0.25) is 0 Å². The first-order chi connectivity index (χ1) is 8.81. The summed E-state index contributed by atoms with van der Waals surface area (Å²) in [5.74, 6) is 0.0856. The molecule has 0 aromatic carbocycles. The third-order valence-electron chi connectivity index (χ3n) is 2.60. The number of thiophene rings is 2. The molecule has 5 heteroatoms. The first-order valence-corrected chi connectivity index (χ1v) is 7.64. The molecule has 1 amide bonds. The number of hydrogen-bond acceptors (Lipinski definition) is 4. The standard InChI is InChI=1S/C7H7NOS.C6H9NS/c9-7-5-2-4-10-6(5)1-3-8-7;7-4-3-6-2-1-5-8-6/h2,4H,1,3H2,(H,8,9);1-2,5H,3-4,7H2. The van der Waals surface area contributed by atoms with Crippen LogP contribution in [-0.4, -0.2) is 19.0 Å². The summed E-state index contributed by atoms with van der Waals surface area (Å²) in [5, 5.41) is 6.83. The molecule has 0 saturated carbocycles. The molecule has 3 heterocycles. The van der Waals surface area contributed by atoms with Crippen LogP contribution in [-0.2, 0) is 12.8 Å². The van der Waals surface area contributed by atoms with Crippen molar-refractivity contribution in [3.05, 3.63) is 44.3 Å². The van der Waals surface area contributed by atoms with Gasteiger partial charge in [-0.15, -0.1) is 22.7 Å². The van der Waals surface area contributed by atoms with Gasteiger partial charge in [-0.1, -0.05) is 6.07 Å². The molecule has 0 aliphatic carbocycles.